The van der Waals surface area contributed by atoms with Crippen LogP contribution in [0.3, 0.4) is 0 Å². The number of ether oxygens (including phenoxy) is 2. The number of fused-ring (bicyclic) bond motifs is 1. The van der Waals surface area contributed by atoms with Crippen LogP contribution in [0.2, 0.25) is 0 Å². The van der Waals surface area contributed by atoms with E-state index in [2.05, 4.69) is 9.88 Å². The summed E-state index contributed by atoms with van der Waals surface area (Å²) < 4.78 is 10.9. The molecule has 0 bridgehead atoms. The largest absolute Gasteiger partial charge is 0.490 e. The number of nitrogens with zero attached hydrogens (tertiary/aromatic N) is 2. The fourth-order valence-electron chi connectivity index (χ4n) is 3.41. The van der Waals surface area contributed by atoms with Crippen LogP contribution in [-0.4, -0.2) is 59.9 Å². The second-order valence-corrected chi connectivity index (χ2v) is 6.64. The normalized spacial score (nSPS) is 19.2. The van der Waals surface area contributed by atoms with E-state index in [1.165, 1.54) is 0 Å². The van der Waals surface area contributed by atoms with Gasteiger partial charge in [-0.1, -0.05) is 6.07 Å². The molecule has 6 nitrogen and oxygen atoms in total. The number of rotatable bonds is 7. The summed E-state index contributed by atoms with van der Waals surface area (Å²) >= 11 is 0. The molecule has 2 atom stereocenters. The Morgan fingerprint density at radius 2 is 2.27 bits per heavy atom. The van der Waals surface area contributed by atoms with Crippen molar-refractivity contribution in [2.24, 2.45) is 5.92 Å². The molecule has 26 heavy (non-hydrogen) atoms. The molecule has 1 aliphatic heterocycles. The van der Waals surface area contributed by atoms with Crippen LogP contribution in [0.15, 0.2) is 36.5 Å². The number of likely N-dealkylation sites (tertiary alicyclic amines) is 1. The van der Waals surface area contributed by atoms with Gasteiger partial charge in [0.2, 0.25) is 0 Å². The number of aromatic nitrogens is 1. The molecule has 2 aromatic rings. The summed E-state index contributed by atoms with van der Waals surface area (Å²) in [6, 6.07) is 9.54. The van der Waals surface area contributed by atoms with Crippen molar-refractivity contribution in [3.63, 3.8) is 0 Å². The zero-order valence-electron chi connectivity index (χ0n) is 15.1. The van der Waals surface area contributed by atoms with Gasteiger partial charge < -0.3 is 14.6 Å². The van der Waals surface area contributed by atoms with Crippen molar-refractivity contribution in [1.29, 1.82) is 0 Å². The number of hydrogen-bond donors (Lipinski definition) is 1. The van der Waals surface area contributed by atoms with Gasteiger partial charge in [-0.3, -0.25) is 14.7 Å². The Morgan fingerprint density at radius 3 is 3.12 bits per heavy atom. The number of aliphatic hydroxyl groups excluding tert-OH is 1. The van der Waals surface area contributed by atoms with Crippen LogP contribution in [-0.2, 0) is 9.53 Å². The number of pyridine rings is 1. The maximum atomic E-state index is 11.9. The summed E-state index contributed by atoms with van der Waals surface area (Å²) in [5, 5.41) is 11.3. The van der Waals surface area contributed by atoms with Gasteiger partial charge >= 0.3 is 5.97 Å². The van der Waals surface area contributed by atoms with Gasteiger partial charge in [-0.25, -0.2) is 0 Å². The van der Waals surface area contributed by atoms with E-state index in [1.807, 2.05) is 37.3 Å². The molecule has 3 rings (SSSR count). The first kappa shape index (κ1) is 18.6. The van der Waals surface area contributed by atoms with Crippen molar-refractivity contribution >= 4 is 16.9 Å². The smallest absolute Gasteiger partial charge is 0.310 e. The zero-order valence-corrected chi connectivity index (χ0v) is 15.1. The Morgan fingerprint density at radius 1 is 1.38 bits per heavy atom. The molecule has 1 N–H and O–H groups in total. The van der Waals surface area contributed by atoms with Gasteiger partial charge in [-0.15, -0.1) is 0 Å². The first-order valence-corrected chi connectivity index (χ1v) is 9.21. The summed E-state index contributed by atoms with van der Waals surface area (Å²) in [5.74, 6) is 0.491. The number of aliphatic hydroxyl groups is 1. The molecular weight excluding hydrogens is 332 g/mol. The first-order valence-electron chi connectivity index (χ1n) is 9.21. The molecule has 1 saturated heterocycles. The summed E-state index contributed by atoms with van der Waals surface area (Å²) in [5.41, 5.74) is 0.868. The summed E-state index contributed by atoms with van der Waals surface area (Å²) in [4.78, 5) is 18.3. The molecule has 1 fully saturated rings. The second kappa shape index (κ2) is 8.96. The van der Waals surface area contributed by atoms with E-state index in [-0.39, 0.29) is 18.5 Å². The fraction of sp³-hybridized carbons (Fsp3) is 0.500. The van der Waals surface area contributed by atoms with Gasteiger partial charge in [0.25, 0.3) is 0 Å². The van der Waals surface area contributed by atoms with Crippen LogP contribution in [0.5, 0.6) is 5.75 Å². The monoisotopic (exact) mass is 358 g/mol. The molecule has 1 aliphatic rings. The highest BCUT2D eigenvalue weighted by Gasteiger charge is 2.27. The number of benzene rings is 1. The molecule has 1 aromatic carbocycles. The van der Waals surface area contributed by atoms with Gasteiger partial charge in [-0.2, -0.15) is 0 Å². The molecule has 0 saturated carbocycles. The summed E-state index contributed by atoms with van der Waals surface area (Å²) in [6.45, 7) is 4.43. The van der Waals surface area contributed by atoms with E-state index in [1.54, 1.807) is 6.20 Å². The second-order valence-electron chi connectivity index (χ2n) is 6.64. The van der Waals surface area contributed by atoms with Gasteiger partial charge in [0.1, 0.15) is 18.5 Å². The molecule has 1 aromatic heterocycles. The predicted octanol–water partition coefficient (Wildman–Crippen LogP) is 2.25. The van der Waals surface area contributed by atoms with E-state index < -0.39 is 6.10 Å². The zero-order chi connectivity index (χ0) is 18.4. The standard InChI is InChI=1S/C20H26N2O4/c1-2-25-20(24)15-6-5-11-22(12-15)13-16(23)14-26-19-9-3-8-18-17(19)7-4-10-21-18/h3-4,7-10,15-16,23H,2,5-6,11-14H2,1H3. The minimum atomic E-state index is -0.622. The number of hydrogen-bond acceptors (Lipinski definition) is 6. The fourth-order valence-corrected chi connectivity index (χ4v) is 3.41. The minimum Gasteiger partial charge on any atom is -0.490 e. The van der Waals surface area contributed by atoms with Crippen molar-refractivity contribution in [2.75, 3.05) is 32.8 Å². The molecule has 0 spiro atoms. The maximum Gasteiger partial charge on any atom is 0.310 e. The van der Waals surface area contributed by atoms with Gasteiger partial charge in [0.05, 0.1) is 18.0 Å². The first-order chi connectivity index (χ1) is 12.7. The molecule has 140 valence electrons. The average molecular weight is 358 g/mol. The third-order valence-electron chi connectivity index (χ3n) is 4.63. The SMILES string of the molecule is CCOC(=O)C1CCCN(CC(O)COc2cccc3ncccc23)C1. The van der Waals surface area contributed by atoms with Crippen LogP contribution >= 0.6 is 0 Å². The van der Waals surface area contributed by atoms with Crippen LogP contribution in [0.1, 0.15) is 19.8 Å². The van der Waals surface area contributed by atoms with Gasteiger partial charge in [0, 0.05) is 24.7 Å². The number of piperidine rings is 1. The lowest BCUT2D eigenvalue weighted by Crippen LogP contribution is -2.44. The van der Waals surface area contributed by atoms with Crippen LogP contribution in [0, 0.1) is 5.92 Å². The molecule has 6 heteroatoms. The molecule has 0 radical (unpaired) electrons. The van der Waals surface area contributed by atoms with E-state index in [9.17, 15) is 9.90 Å². The summed E-state index contributed by atoms with van der Waals surface area (Å²) in [6.07, 6.45) is 2.91. The third kappa shape index (κ3) is 4.71. The highest BCUT2D eigenvalue weighted by atomic mass is 16.5. The van der Waals surface area contributed by atoms with Gasteiger partial charge in [0.15, 0.2) is 0 Å². The lowest BCUT2D eigenvalue weighted by Gasteiger charge is -2.32. The lowest BCUT2D eigenvalue weighted by atomic mass is 9.98. The molecule has 2 unspecified atom stereocenters. The van der Waals surface area contributed by atoms with Crippen LogP contribution in [0.4, 0.5) is 0 Å². The van der Waals surface area contributed by atoms with Crippen molar-refractivity contribution in [2.45, 2.75) is 25.9 Å². The van der Waals surface area contributed by atoms with Gasteiger partial charge in [-0.05, 0) is 50.6 Å². The minimum absolute atomic E-state index is 0.0963. The Kier molecular flexibility index (Phi) is 6.41. The number of carbonyl (C=O) groups excluding carboxylic acids is 1. The van der Waals surface area contributed by atoms with E-state index in [0.29, 0.717) is 19.7 Å². The average Bonchev–Trinajstić information content (AvgIpc) is 2.67. The highest BCUT2D eigenvalue weighted by molar-refractivity contribution is 5.84. The Balaban J connectivity index is 1.52. The Labute approximate surface area is 153 Å². The lowest BCUT2D eigenvalue weighted by molar-refractivity contribution is -0.150. The van der Waals surface area contributed by atoms with Crippen molar-refractivity contribution < 1.29 is 19.4 Å². The number of carbonyl (C=O) groups is 1. The molecule has 0 aliphatic carbocycles. The van der Waals surface area contributed by atoms with Crippen LogP contribution < -0.4 is 4.74 Å². The molecular formula is C20H26N2O4. The maximum absolute atomic E-state index is 11.9. The van der Waals surface area contributed by atoms with E-state index >= 15 is 0 Å². The highest BCUT2D eigenvalue weighted by Crippen LogP contribution is 2.24. The van der Waals surface area contributed by atoms with Crippen LogP contribution in [0.25, 0.3) is 10.9 Å². The predicted molar refractivity (Wildman–Crippen MR) is 99.0 cm³/mol. The van der Waals surface area contributed by atoms with E-state index in [4.69, 9.17) is 9.47 Å². The van der Waals surface area contributed by atoms with E-state index in [0.717, 1.165) is 36.0 Å². The Hall–Kier alpha value is -2.18. The third-order valence-corrected chi connectivity index (χ3v) is 4.63. The topological polar surface area (TPSA) is 71.9 Å². The number of β-amino-alcohol motifs (C(OH)–C–C–N with tert-alkyl or cyclic N) is 1. The quantitative estimate of drug-likeness (QED) is 0.766. The molecule has 0 amide bonds. The number of esters is 1. The van der Waals surface area contributed by atoms with Crippen molar-refractivity contribution in [1.82, 2.24) is 9.88 Å². The summed E-state index contributed by atoms with van der Waals surface area (Å²) in [7, 11) is 0. The van der Waals surface area contributed by atoms with Crippen molar-refractivity contribution in [3.05, 3.63) is 36.5 Å². The Bertz CT molecular complexity index is 731. The molecule has 2 heterocycles. The van der Waals surface area contributed by atoms with Crippen molar-refractivity contribution in [3.8, 4) is 5.75 Å².